The Morgan fingerprint density at radius 1 is 0.268 bits per heavy atom. The summed E-state index contributed by atoms with van der Waals surface area (Å²) in [5, 5.41) is 0. The first-order chi connectivity index (χ1) is 40.7. The lowest BCUT2D eigenvalue weighted by molar-refractivity contribution is 0.0900. The number of fused-ring (bicyclic) bond motifs is 8. The van der Waals surface area contributed by atoms with Gasteiger partial charge in [-0.3, -0.25) is 0 Å². The maximum atomic E-state index is 2.92. The summed E-state index contributed by atoms with van der Waals surface area (Å²) in [6.45, 7) is -0.131. The van der Waals surface area contributed by atoms with Crippen LogP contribution in [0, 0.1) is 11.8 Å². The van der Waals surface area contributed by atoms with Crippen molar-refractivity contribution in [3.8, 4) is 22.3 Å². The maximum absolute atomic E-state index is 2.92. The van der Waals surface area contributed by atoms with Crippen LogP contribution in [0.25, 0.3) is 22.3 Å². The van der Waals surface area contributed by atoms with Crippen LogP contribution in [0.2, 0.25) is 0 Å². The average Bonchev–Trinajstić information content (AvgIpc) is 1.86. The number of benzene rings is 11. The summed E-state index contributed by atoms with van der Waals surface area (Å²) in [7, 11) is 0. The monoisotopic (exact) mass is 1050 g/mol. The standard InChI is InChI=1S/C75H57B2N5/c1-6-22-51(23-7-1)59-32-20-33-60(52-24-8-2-9-25-52)75(59)82-66-37-19-17-35-62(66)77-64-47-63-69(48-70(64)81(55-30-14-5-15-31-55)71-45-58(46-72(82)74(71)77)78-56-41-49-40-50(43-56)44-57(78)42-49)80(54-28-12-4-13-29-54)68-39-21-38-67-73(68)76(63)61-34-16-18-36-65(61)79(67)53-26-10-3-11-27-53/h1-39,45-50,56-57H,40-44H2. The zero-order chi connectivity index (χ0) is 53.6. The molecule has 2 aliphatic carbocycles. The summed E-state index contributed by atoms with van der Waals surface area (Å²) in [6, 6.07) is 99.8. The van der Waals surface area contributed by atoms with Crippen LogP contribution in [0.3, 0.4) is 0 Å². The van der Waals surface area contributed by atoms with Gasteiger partial charge < -0.3 is 24.5 Å². The van der Waals surface area contributed by atoms with Crippen LogP contribution in [0.5, 0.6) is 0 Å². The smallest absolute Gasteiger partial charge is 0.252 e. The van der Waals surface area contributed by atoms with Crippen molar-refractivity contribution in [2.45, 2.75) is 44.2 Å². The number of hydrogen-bond donors (Lipinski definition) is 0. The molecule has 388 valence electrons. The highest BCUT2D eigenvalue weighted by Gasteiger charge is 2.51. The number of rotatable bonds is 7. The highest BCUT2D eigenvalue weighted by atomic mass is 15.2. The van der Waals surface area contributed by atoms with Crippen molar-refractivity contribution in [3.63, 3.8) is 0 Å². The molecular weight excluding hydrogens is 992 g/mol. The van der Waals surface area contributed by atoms with Gasteiger partial charge >= 0.3 is 0 Å². The van der Waals surface area contributed by atoms with E-state index in [-0.39, 0.29) is 13.4 Å². The van der Waals surface area contributed by atoms with Crippen molar-refractivity contribution in [1.29, 1.82) is 0 Å². The molecule has 0 unspecified atom stereocenters. The lowest BCUT2D eigenvalue weighted by atomic mass is 9.30. The van der Waals surface area contributed by atoms with Crippen LogP contribution in [0.15, 0.2) is 261 Å². The van der Waals surface area contributed by atoms with E-state index in [0.717, 1.165) is 28.9 Å². The van der Waals surface area contributed by atoms with Gasteiger partial charge in [-0.1, -0.05) is 182 Å². The largest absolute Gasteiger partial charge is 0.365 e. The van der Waals surface area contributed by atoms with Gasteiger partial charge in [-0.2, -0.15) is 0 Å². The Morgan fingerprint density at radius 3 is 1.15 bits per heavy atom. The van der Waals surface area contributed by atoms with Gasteiger partial charge in [0.25, 0.3) is 13.4 Å². The summed E-state index contributed by atoms with van der Waals surface area (Å²) in [5.41, 5.74) is 28.6. The van der Waals surface area contributed by atoms with Gasteiger partial charge in [0.15, 0.2) is 0 Å². The number of hydrogen-bond acceptors (Lipinski definition) is 5. The predicted molar refractivity (Wildman–Crippen MR) is 345 cm³/mol. The normalized spacial score (nSPS) is 19.0. The van der Waals surface area contributed by atoms with Gasteiger partial charge in [-0.05, 0) is 167 Å². The quantitative estimate of drug-likeness (QED) is 0.147. The Labute approximate surface area is 481 Å². The number of para-hydroxylation sites is 6. The van der Waals surface area contributed by atoms with E-state index in [4.69, 9.17) is 0 Å². The first-order valence-electron chi connectivity index (χ1n) is 29.7. The van der Waals surface area contributed by atoms with Crippen LogP contribution >= 0.6 is 0 Å². The Balaban J connectivity index is 0.955. The lowest BCUT2D eigenvalue weighted by Crippen LogP contribution is -2.65. The second-order valence-electron chi connectivity index (χ2n) is 24.0. The van der Waals surface area contributed by atoms with Crippen LogP contribution in [0.4, 0.5) is 73.9 Å². The van der Waals surface area contributed by atoms with E-state index in [1.54, 1.807) is 0 Å². The van der Waals surface area contributed by atoms with Crippen molar-refractivity contribution in [3.05, 3.63) is 261 Å². The molecule has 11 aromatic rings. The SMILES string of the molecule is c1ccc(-c2cccc(-c3ccccc3)c2N2c3ccccc3B3c4cc5c(cc4N(c4ccccc4)c4cc(N6C7CC8CC(C7)CC6C8)cc2c43)N(c2ccccc2)c2cccc3c2B5c2ccccc2N3c2ccccc2)cc1. The Morgan fingerprint density at radius 2 is 0.646 bits per heavy atom. The molecule has 0 radical (unpaired) electrons. The molecule has 0 spiro atoms. The molecule has 4 fully saturated rings. The molecule has 0 aromatic heterocycles. The van der Waals surface area contributed by atoms with Crippen LogP contribution in [-0.2, 0) is 0 Å². The Kier molecular flexibility index (Phi) is 10.2. The minimum Gasteiger partial charge on any atom is -0.365 e. The molecule has 2 saturated heterocycles. The molecule has 11 aromatic carbocycles. The predicted octanol–water partition coefficient (Wildman–Crippen LogP) is 15.0. The van der Waals surface area contributed by atoms with Gasteiger partial charge in [-0.15, -0.1) is 0 Å². The molecule has 7 heteroatoms. The van der Waals surface area contributed by atoms with E-state index in [0.29, 0.717) is 12.1 Å². The van der Waals surface area contributed by atoms with Crippen molar-refractivity contribution >= 4 is 120 Å². The van der Waals surface area contributed by atoms with E-state index >= 15 is 0 Å². The van der Waals surface area contributed by atoms with Crippen LogP contribution in [0.1, 0.15) is 32.1 Å². The second-order valence-corrected chi connectivity index (χ2v) is 24.0. The fraction of sp³-hybridized carbons (Fsp3) is 0.120. The highest BCUT2D eigenvalue weighted by Crippen LogP contribution is 2.56. The third-order valence-corrected chi connectivity index (χ3v) is 19.6. The zero-order valence-electron chi connectivity index (χ0n) is 45.6. The van der Waals surface area contributed by atoms with E-state index in [1.807, 2.05) is 0 Å². The third-order valence-electron chi connectivity index (χ3n) is 19.6. The van der Waals surface area contributed by atoms with Crippen LogP contribution in [-0.4, -0.2) is 25.5 Å². The fourth-order valence-electron chi connectivity index (χ4n) is 16.7. The second kappa shape index (κ2) is 18.0. The molecule has 6 heterocycles. The summed E-state index contributed by atoms with van der Waals surface area (Å²) >= 11 is 0. The van der Waals surface area contributed by atoms with Gasteiger partial charge in [0.2, 0.25) is 0 Å². The topological polar surface area (TPSA) is 16.2 Å². The van der Waals surface area contributed by atoms with Gasteiger partial charge in [0.1, 0.15) is 0 Å². The molecule has 8 aliphatic rings. The van der Waals surface area contributed by atoms with E-state index in [9.17, 15) is 0 Å². The summed E-state index contributed by atoms with van der Waals surface area (Å²) in [6.07, 6.45) is 6.55. The van der Waals surface area contributed by atoms with Crippen molar-refractivity contribution in [1.82, 2.24) is 0 Å². The number of piperidine rings is 2. The highest BCUT2D eigenvalue weighted by molar-refractivity contribution is 7.03. The van der Waals surface area contributed by atoms with Crippen molar-refractivity contribution < 1.29 is 0 Å². The molecule has 5 nitrogen and oxygen atoms in total. The minimum absolute atomic E-state index is 0.0396. The van der Waals surface area contributed by atoms with E-state index in [1.165, 1.54) is 144 Å². The Hall–Kier alpha value is -9.45. The zero-order valence-corrected chi connectivity index (χ0v) is 45.6. The molecule has 0 amide bonds. The van der Waals surface area contributed by atoms with Crippen molar-refractivity contribution in [2.24, 2.45) is 11.8 Å². The lowest BCUT2D eigenvalue weighted by Gasteiger charge is -2.58. The van der Waals surface area contributed by atoms with Gasteiger partial charge in [-0.25, -0.2) is 0 Å². The number of anilines is 13. The number of nitrogens with zero attached hydrogens (tertiary/aromatic N) is 5. The summed E-state index contributed by atoms with van der Waals surface area (Å²) in [4.78, 5) is 13.4. The molecular formula is C75H57B2N5. The first-order valence-corrected chi connectivity index (χ1v) is 29.7. The molecule has 19 rings (SSSR count). The van der Waals surface area contributed by atoms with E-state index < -0.39 is 0 Å². The van der Waals surface area contributed by atoms with Gasteiger partial charge in [0.05, 0.1) is 5.69 Å². The minimum atomic E-state index is -0.0919. The molecule has 2 saturated carbocycles. The summed E-state index contributed by atoms with van der Waals surface area (Å²) < 4.78 is 0. The third kappa shape index (κ3) is 6.77. The summed E-state index contributed by atoms with van der Waals surface area (Å²) in [5.74, 6) is 1.66. The first kappa shape index (κ1) is 46.3. The molecule has 82 heavy (non-hydrogen) atoms. The molecule has 4 bridgehead atoms. The fourth-order valence-corrected chi connectivity index (χ4v) is 16.7. The maximum Gasteiger partial charge on any atom is 0.252 e. The van der Waals surface area contributed by atoms with Crippen LogP contribution < -0.4 is 57.3 Å². The molecule has 6 aliphatic heterocycles. The van der Waals surface area contributed by atoms with Crippen molar-refractivity contribution in [2.75, 3.05) is 24.5 Å². The van der Waals surface area contributed by atoms with Gasteiger partial charge in [0, 0.05) is 91.5 Å². The molecule has 0 N–H and O–H groups in total. The molecule has 0 atom stereocenters. The Bertz CT molecular complexity index is 4260. The van der Waals surface area contributed by atoms with E-state index in [2.05, 4.69) is 285 Å². The average molecular weight is 1050 g/mol.